The zero-order chi connectivity index (χ0) is 6.15. The lowest BCUT2D eigenvalue weighted by Gasteiger charge is -2.16. The fourth-order valence-corrected chi connectivity index (χ4v) is 1.12. The van der Waals surface area contributed by atoms with Gasteiger partial charge >= 0.3 is 0 Å². The molecule has 0 aliphatic carbocycles. The van der Waals surface area contributed by atoms with Crippen molar-refractivity contribution in [2.24, 2.45) is 5.73 Å². The van der Waals surface area contributed by atoms with Crippen molar-refractivity contribution < 1.29 is 0 Å². The van der Waals surface area contributed by atoms with E-state index in [0.29, 0.717) is 12.1 Å². The maximum atomic E-state index is 5.73. The predicted molar refractivity (Wildman–Crippen MR) is 34.7 cm³/mol. The first kappa shape index (κ1) is 6.05. The van der Waals surface area contributed by atoms with E-state index in [9.17, 15) is 0 Å². The second-order valence-corrected chi connectivity index (χ2v) is 2.67. The maximum absolute atomic E-state index is 5.73. The largest absolute Gasteiger partial charge is 0.326 e. The van der Waals surface area contributed by atoms with Crippen molar-refractivity contribution in [1.82, 2.24) is 4.90 Å². The van der Waals surface area contributed by atoms with Crippen LogP contribution in [0.25, 0.3) is 0 Å². The van der Waals surface area contributed by atoms with Gasteiger partial charge in [0.05, 0.1) is 0 Å². The molecule has 1 rings (SSSR count). The van der Waals surface area contributed by atoms with Crippen LogP contribution in [0.2, 0.25) is 0 Å². The van der Waals surface area contributed by atoms with Crippen LogP contribution in [0.4, 0.5) is 0 Å². The van der Waals surface area contributed by atoms with Crippen LogP contribution in [0.15, 0.2) is 0 Å². The Hall–Kier alpha value is -0.0800. The van der Waals surface area contributed by atoms with Crippen LogP contribution in [0.5, 0.6) is 0 Å². The average molecular weight is 114 g/mol. The molecule has 0 bridgehead atoms. The number of likely N-dealkylation sites (tertiary alicyclic amines) is 1. The molecule has 0 aromatic rings. The number of hydrogen-bond acceptors (Lipinski definition) is 2. The average Bonchev–Trinajstić information content (AvgIpc) is 1.98. The van der Waals surface area contributed by atoms with Gasteiger partial charge in [-0.2, -0.15) is 0 Å². The zero-order valence-electron chi connectivity index (χ0n) is 5.59. The Balaban J connectivity index is 2.44. The Morgan fingerprint density at radius 3 is 2.38 bits per heavy atom. The topological polar surface area (TPSA) is 29.3 Å². The van der Waals surface area contributed by atoms with Gasteiger partial charge in [0.2, 0.25) is 0 Å². The molecule has 0 spiro atoms. The molecule has 1 saturated heterocycles. The van der Waals surface area contributed by atoms with E-state index in [4.69, 9.17) is 5.73 Å². The first-order valence-corrected chi connectivity index (χ1v) is 3.17. The van der Waals surface area contributed by atoms with Crippen molar-refractivity contribution in [2.45, 2.75) is 25.4 Å². The van der Waals surface area contributed by atoms with E-state index in [1.54, 1.807) is 0 Å². The molecular formula is C6H14N2. The minimum Gasteiger partial charge on any atom is -0.326 e. The molecule has 2 atom stereocenters. The fourth-order valence-electron chi connectivity index (χ4n) is 1.12. The van der Waals surface area contributed by atoms with E-state index in [0.717, 1.165) is 6.42 Å². The summed E-state index contributed by atoms with van der Waals surface area (Å²) in [5, 5.41) is 0. The first-order chi connectivity index (χ1) is 3.72. The highest BCUT2D eigenvalue weighted by Crippen LogP contribution is 2.11. The van der Waals surface area contributed by atoms with Gasteiger partial charge in [-0.25, -0.2) is 0 Å². The molecule has 1 aliphatic heterocycles. The predicted octanol–water partition coefficient (Wildman–Crippen LogP) is 0.0377. The lowest BCUT2D eigenvalue weighted by Crippen LogP contribution is -2.34. The van der Waals surface area contributed by atoms with Crippen molar-refractivity contribution in [3.63, 3.8) is 0 Å². The summed E-state index contributed by atoms with van der Waals surface area (Å²) in [6, 6.07) is 1.01. The molecule has 0 amide bonds. The molecule has 0 saturated carbocycles. The van der Waals surface area contributed by atoms with Crippen LogP contribution in [0.1, 0.15) is 13.3 Å². The number of nitrogens with zero attached hydrogens (tertiary/aromatic N) is 1. The molecule has 1 heterocycles. The normalized spacial score (nSPS) is 40.9. The van der Waals surface area contributed by atoms with E-state index in [2.05, 4.69) is 18.9 Å². The Kier molecular flexibility index (Phi) is 1.54. The molecule has 48 valence electrons. The zero-order valence-corrected chi connectivity index (χ0v) is 5.59. The summed E-state index contributed by atoms with van der Waals surface area (Å²) in [5.74, 6) is 0. The van der Waals surface area contributed by atoms with Crippen molar-refractivity contribution in [3.8, 4) is 0 Å². The van der Waals surface area contributed by atoms with Crippen LogP contribution in [0, 0.1) is 0 Å². The van der Waals surface area contributed by atoms with E-state index in [-0.39, 0.29) is 0 Å². The summed E-state index contributed by atoms with van der Waals surface area (Å²) in [6.45, 7) is 3.35. The van der Waals surface area contributed by atoms with E-state index >= 15 is 0 Å². The molecule has 1 aliphatic rings. The summed E-state index contributed by atoms with van der Waals surface area (Å²) in [5.41, 5.74) is 5.73. The molecule has 0 aromatic carbocycles. The lowest BCUT2D eigenvalue weighted by molar-refractivity contribution is 0.318. The Morgan fingerprint density at radius 1 is 1.62 bits per heavy atom. The third-order valence-corrected chi connectivity index (χ3v) is 2.13. The van der Waals surface area contributed by atoms with Gasteiger partial charge in [0.1, 0.15) is 0 Å². The fraction of sp³-hybridized carbons (Fsp3) is 1.00. The van der Waals surface area contributed by atoms with E-state index < -0.39 is 0 Å². The van der Waals surface area contributed by atoms with Gasteiger partial charge in [-0.05, 0) is 26.9 Å². The number of rotatable bonds is 0. The quantitative estimate of drug-likeness (QED) is 0.481. The summed E-state index contributed by atoms with van der Waals surface area (Å²) in [7, 11) is 2.12. The minimum atomic E-state index is 0.417. The smallest absolute Gasteiger partial charge is 0.0216 e. The molecule has 2 N–H and O–H groups in total. The SMILES string of the molecule is C[C@@H]1C(N)CCN1C. The molecular weight excluding hydrogens is 100 g/mol. The number of likely N-dealkylation sites (N-methyl/N-ethyl adjacent to an activating group) is 1. The Morgan fingerprint density at radius 2 is 2.25 bits per heavy atom. The summed E-state index contributed by atoms with van der Waals surface area (Å²) in [4.78, 5) is 2.30. The first-order valence-electron chi connectivity index (χ1n) is 3.17. The summed E-state index contributed by atoms with van der Waals surface area (Å²) >= 11 is 0. The molecule has 1 unspecified atom stereocenters. The maximum Gasteiger partial charge on any atom is 0.0216 e. The highest BCUT2D eigenvalue weighted by molar-refractivity contribution is 4.83. The van der Waals surface area contributed by atoms with Crippen LogP contribution >= 0.6 is 0 Å². The molecule has 0 radical (unpaired) electrons. The van der Waals surface area contributed by atoms with Crippen LogP contribution in [-0.2, 0) is 0 Å². The molecule has 2 nitrogen and oxygen atoms in total. The van der Waals surface area contributed by atoms with Crippen LogP contribution in [-0.4, -0.2) is 30.6 Å². The van der Waals surface area contributed by atoms with Gasteiger partial charge in [-0.3, -0.25) is 0 Å². The van der Waals surface area contributed by atoms with Crippen molar-refractivity contribution in [3.05, 3.63) is 0 Å². The second kappa shape index (κ2) is 2.03. The van der Waals surface area contributed by atoms with Crippen LogP contribution < -0.4 is 5.73 Å². The van der Waals surface area contributed by atoms with Gasteiger partial charge in [0, 0.05) is 12.1 Å². The van der Waals surface area contributed by atoms with Crippen LogP contribution in [0.3, 0.4) is 0 Å². The molecule has 2 heteroatoms. The minimum absolute atomic E-state index is 0.417. The third kappa shape index (κ3) is 0.858. The highest BCUT2D eigenvalue weighted by Gasteiger charge is 2.23. The van der Waals surface area contributed by atoms with E-state index in [1.165, 1.54) is 6.54 Å². The summed E-state index contributed by atoms with van der Waals surface area (Å²) in [6.07, 6.45) is 1.16. The van der Waals surface area contributed by atoms with Crippen molar-refractivity contribution in [2.75, 3.05) is 13.6 Å². The second-order valence-electron chi connectivity index (χ2n) is 2.67. The number of hydrogen-bond donors (Lipinski definition) is 1. The highest BCUT2D eigenvalue weighted by atomic mass is 15.2. The third-order valence-electron chi connectivity index (χ3n) is 2.13. The molecule has 1 fully saturated rings. The Labute approximate surface area is 50.7 Å². The molecule has 8 heavy (non-hydrogen) atoms. The Bertz CT molecular complexity index is 72.6. The number of nitrogens with two attached hydrogens (primary N) is 1. The van der Waals surface area contributed by atoms with Gasteiger partial charge in [-0.15, -0.1) is 0 Å². The molecule has 0 aromatic heterocycles. The van der Waals surface area contributed by atoms with Gasteiger partial charge in [0.15, 0.2) is 0 Å². The van der Waals surface area contributed by atoms with E-state index in [1.807, 2.05) is 0 Å². The van der Waals surface area contributed by atoms with Gasteiger partial charge in [-0.1, -0.05) is 0 Å². The van der Waals surface area contributed by atoms with Crippen molar-refractivity contribution >= 4 is 0 Å². The van der Waals surface area contributed by atoms with Gasteiger partial charge in [0.25, 0.3) is 0 Å². The monoisotopic (exact) mass is 114 g/mol. The van der Waals surface area contributed by atoms with Crippen molar-refractivity contribution in [1.29, 1.82) is 0 Å². The summed E-state index contributed by atoms with van der Waals surface area (Å²) < 4.78 is 0. The van der Waals surface area contributed by atoms with Gasteiger partial charge < -0.3 is 10.6 Å². The lowest BCUT2D eigenvalue weighted by atomic mass is 10.2. The standard InChI is InChI=1S/C6H14N2/c1-5-6(7)3-4-8(5)2/h5-6H,3-4,7H2,1-2H3/t5-,6?/m1/s1.